The molecule has 5 nitrogen and oxygen atoms in total. The summed E-state index contributed by atoms with van der Waals surface area (Å²) >= 11 is 5.86. The van der Waals surface area contributed by atoms with Gasteiger partial charge in [0.05, 0.1) is 23.8 Å². The largest absolute Gasteiger partial charge is 0.445 e. The van der Waals surface area contributed by atoms with E-state index in [1.165, 1.54) is 0 Å². The van der Waals surface area contributed by atoms with Crippen LogP contribution in [0.15, 0.2) is 30.6 Å². The number of nitrogens with one attached hydrogen (secondary N) is 1. The van der Waals surface area contributed by atoms with Gasteiger partial charge in [0, 0.05) is 18.0 Å². The van der Waals surface area contributed by atoms with Gasteiger partial charge in [-0.2, -0.15) is 0 Å². The maximum absolute atomic E-state index is 12.5. The Hall–Kier alpha value is -2.01. The molecular formula is C17H20ClN3O2. The zero-order valence-electron chi connectivity index (χ0n) is 13.3. The van der Waals surface area contributed by atoms with Gasteiger partial charge in [-0.15, -0.1) is 0 Å². The molecular weight excluding hydrogens is 314 g/mol. The molecule has 3 rings (SSSR count). The van der Waals surface area contributed by atoms with Crippen molar-refractivity contribution >= 4 is 17.7 Å². The van der Waals surface area contributed by atoms with Crippen molar-refractivity contribution in [3.63, 3.8) is 0 Å². The minimum Gasteiger partial charge on any atom is -0.445 e. The van der Waals surface area contributed by atoms with E-state index in [9.17, 15) is 4.79 Å². The lowest BCUT2D eigenvalue weighted by molar-refractivity contribution is 0.0652. The molecule has 6 heteroatoms. The monoisotopic (exact) mass is 333 g/mol. The van der Waals surface area contributed by atoms with Crippen molar-refractivity contribution in [3.05, 3.63) is 52.6 Å². The minimum atomic E-state index is -0.293. The average molecular weight is 334 g/mol. The Morgan fingerprint density at radius 3 is 2.87 bits per heavy atom. The number of carbonyl (C=O) groups excluding carboxylic acids is 1. The fourth-order valence-corrected chi connectivity index (χ4v) is 3.14. The number of hydrogen-bond donors (Lipinski definition) is 1. The molecule has 1 N–H and O–H groups in total. The molecule has 0 bridgehead atoms. The lowest BCUT2D eigenvalue weighted by Crippen LogP contribution is -2.42. The third kappa shape index (κ3) is 3.34. The van der Waals surface area contributed by atoms with Gasteiger partial charge in [0.1, 0.15) is 6.61 Å². The summed E-state index contributed by atoms with van der Waals surface area (Å²) in [6.45, 7) is 5.06. The maximum Gasteiger partial charge on any atom is 0.410 e. The molecule has 0 saturated heterocycles. The van der Waals surface area contributed by atoms with Gasteiger partial charge in [-0.25, -0.2) is 9.78 Å². The molecule has 0 fully saturated rings. The lowest BCUT2D eigenvalue weighted by atomic mass is 9.94. The van der Waals surface area contributed by atoms with Crippen LogP contribution in [0.5, 0.6) is 0 Å². The first kappa shape index (κ1) is 15.9. The van der Waals surface area contributed by atoms with Crippen LogP contribution in [0.1, 0.15) is 36.8 Å². The van der Waals surface area contributed by atoms with Crippen LogP contribution in [-0.4, -0.2) is 27.5 Å². The third-order valence-corrected chi connectivity index (χ3v) is 4.37. The van der Waals surface area contributed by atoms with Crippen LogP contribution in [0.4, 0.5) is 4.79 Å². The minimum absolute atomic E-state index is 0.0287. The van der Waals surface area contributed by atoms with E-state index in [-0.39, 0.29) is 24.7 Å². The van der Waals surface area contributed by atoms with E-state index in [2.05, 4.69) is 23.8 Å². The average Bonchev–Trinajstić information content (AvgIpc) is 3.01. The molecule has 1 aromatic carbocycles. The zero-order chi connectivity index (χ0) is 16.4. The second kappa shape index (κ2) is 6.62. The summed E-state index contributed by atoms with van der Waals surface area (Å²) in [5.41, 5.74) is 2.99. The fourth-order valence-electron chi connectivity index (χ4n) is 3.02. The van der Waals surface area contributed by atoms with Crippen LogP contribution < -0.4 is 0 Å². The summed E-state index contributed by atoms with van der Waals surface area (Å²) in [6, 6.07) is 7.27. The third-order valence-electron chi connectivity index (χ3n) is 4.11. The number of imidazole rings is 1. The Morgan fingerprint density at radius 2 is 2.17 bits per heavy atom. The van der Waals surface area contributed by atoms with Crippen molar-refractivity contribution in [1.82, 2.24) is 14.9 Å². The molecule has 0 saturated carbocycles. The van der Waals surface area contributed by atoms with Gasteiger partial charge in [-0.3, -0.25) is 4.90 Å². The summed E-state index contributed by atoms with van der Waals surface area (Å²) in [7, 11) is 0. The number of hydrogen-bond acceptors (Lipinski definition) is 3. The molecule has 1 amide bonds. The first-order valence-electron chi connectivity index (χ1n) is 7.76. The molecule has 23 heavy (non-hydrogen) atoms. The van der Waals surface area contributed by atoms with Crippen LogP contribution in [0.3, 0.4) is 0 Å². The highest BCUT2D eigenvalue weighted by atomic mass is 35.5. The molecule has 1 aliphatic heterocycles. The van der Waals surface area contributed by atoms with Crippen LogP contribution in [0.2, 0.25) is 5.02 Å². The molecule has 122 valence electrons. The Labute approximate surface area is 140 Å². The normalized spacial score (nSPS) is 17.2. The SMILES string of the molecule is CC(C)C1c2[nH]cnc2CCN1C(=O)OCc1ccc(Cl)cc1. The van der Waals surface area contributed by atoms with Crippen LogP contribution in [0.25, 0.3) is 0 Å². The standard InChI is InChI=1S/C17H20ClN3O2/c1-11(2)16-15-14(19-10-20-15)7-8-21(16)17(22)23-9-12-3-5-13(18)6-4-12/h3-6,10-11,16H,7-9H2,1-2H3,(H,19,20). The number of ether oxygens (including phenoxy) is 1. The van der Waals surface area contributed by atoms with E-state index in [1.54, 1.807) is 23.4 Å². The van der Waals surface area contributed by atoms with Crippen molar-refractivity contribution in [2.75, 3.05) is 6.54 Å². The first-order chi connectivity index (χ1) is 11.1. The van der Waals surface area contributed by atoms with Gasteiger partial charge in [0.2, 0.25) is 0 Å². The van der Waals surface area contributed by atoms with Crippen LogP contribution in [-0.2, 0) is 17.8 Å². The van der Waals surface area contributed by atoms with Crippen molar-refractivity contribution in [2.45, 2.75) is 32.9 Å². The Balaban J connectivity index is 1.70. The number of aromatic nitrogens is 2. The van der Waals surface area contributed by atoms with Crippen LogP contribution in [0, 0.1) is 5.92 Å². The molecule has 1 unspecified atom stereocenters. The summed E-state index contributed by atoms with van der Waals surface area (Å²) in [4.78, 5) is 21.8. The van der Waals surface area contributed by atoms with Crippen molar-refractivity contribution < 1.29 is 9.53 Å². The Bertz CT molecular complexity index is 681. The van der Waals surface area contributed by atoms with Gasteiger partial charge in [0.25, 0.3) is 0 Å². The predicted molar refractivity (Wildman–Crippen MR) is 88.2 cm³/mol. The Kier molecular flexibility index (Phi) is 4.57. The van der Waals surface area contributed by atoms with E-state index in [4.69, 9.17) is 16.3 Å². The van der Waals surface area contributed by atoms with Gasteiger partial charge in [0.15, 0.2) is 0 Å². The number of amides is 1. The fraction of sp³-hybridized carbons (Fsp3) is 0.412. The van der Waals surface area contributed by atoms with E-state index in [1.807, 2.05) is 12.1 Å². The smallest absolute Gasteiger partial charge is 0.410 e. The Morgan fingerprint density at radius 1 is 1.43 bits per heavy atom. The number of benzene rings is 1. The quantitative estimate of drug-likeness (QED) is 0.925. The molecule has 0 spiro atoms. The highest BCUT2D eigenvalue weighted by molar-refractivity contribution is 6.30. The number of H-pyrrole nitrogens is 1. The number of aromatic amines is 1. The molecule has 1 aromatic heterocycles. The first-order valence-corrected chi connectivity index (χ1v) is 8.14. The van der Waals surface area contributed by atoms with Gasteiger partial charge < -0.3 is 9.72 Å². The highest BCUT2D eigenvalue weighted by Crippen LogP contribution is 2.33. The van der Waals surface area contributed by atoms with Crippen molar-refractivity contribution in [3.8, 4) is 0 Å². The van der Waals surface area contributed by atoms with Crippen LogP contribution >= 0.6 is 11.6 Å². The molecule has 0 aliphatic carbocycles. The summed E-state index contributed by atoms with van der Waals surface area (Å²) in [6.07, 6.45) is 2.15. The van der Waals surface area contributed by atoms with E-state index >= 15 is 0 Å². The van der Waals surface area contributed by atoms with Crippen molar-refractivity contribution in [1.29, 1.82) is 0 Å². The topological polar surface area (TPSA) is 58.2 Å². The second-order valence-corrected chi connectivity index (χ2v) is 6.51. The molecule has 2 aromatic rings. The molecule has 1 atom stereocenters. The summed E-state index contributed by atoms with van der Waals surface area (Å²) in [5.74, 6) is 0.276. The number of carbonyl (C=O) groups is 1. The van der Waals surface area contributed by atoms with E-state index in [0.29, 0.717) is 11.6 Å². The number of rotatable bonds is 3. The second-order valence-electron chi connectivity index (χ2n) is 6.08. The predicted octanol–water partition coefficient (Wildman–Crippen LogP) is 3.96. The van der Waals surface area contributed by atoms with E-state index in [0.717, 1.165) is 23.4 Å². The zero-order valence-corrected chi connectivity index (χ0v) is 14.0. The number of nitrogens with zero attached hydrogens (tertiary/aromatic N) is 2. The van der Waals surface area contributed by atoms with Gasteiger partial charge in [-0.05, 0) is 23.6 Å². The molecule has 0 radical (unpaired) electrons. The van der Waals surface area contributed by atoms with Gasteiger partial charge in [-0.1, -0.05) is 37.6 Å². The molecule has 2 heterocycles. The summed E-state index contributed by atoms with van der Waals surface area (Å²) in [5, 5.41) is 0.669. The maximum atomic E-state index is 12.5. The highest BCUT2D eigenvalue weighted by Gasteiger charge is 2.35. The molecule has 1 aliphatic rings. The van der Waals surface area contributed by atoms with Crippen molar-refractivity contribution in [2.24, 2.45) is 5.92 Å². The summed E-state index contributed by atoms with van der Waals surface area (Å²) < 4.78 is 5.49. The van der Waals surface area contributed by atoms with Gasteiger partial charge >= 0.3 is 6.09 Å². The lowest BCUT2D eigenvalue weighted by Gasteiger charge is -2.36. The number of halogens is 1. The van der Waals surface area contributed by atoms with E-state index < -0.39 is 0 Å². The number of fused-ring (bicyclic) bond motifs is 1.